The number of likely N-dealkylation sites (N-methyl/N-ethyl adjacent to an activating group) is 1. The van der Waals surface area contributed by atoms with E-state index in [4.69, 9.17) is 5.73 Å². The summed E-state index contributed by atoms with van der Waals surface area (Å²) in [7, 11) is 2.14. The average molecular weight is 321 g/mol. The first kappa shape index (κ1) is 16.7. The van der Waals surface area contributed by atoms with E-state index in [0.29, 0.717) is 18.5 Å². The molecule has 0 bridgehead atoms. The van der Waals surface area contributed by atoms with Crippen LogP contribution in [0.3, 0.4) is 0 Å². The van der Waals surface area contributed by atoms with Crippen molar-refractivity contribution in [3.63, 3.8) is 0 Å². The summed E-state index contributed by atoms with van der Waals surface area (Å²) in [5.74, 6) is 0.478. The Bertz CT molecular complexity index is 731. The minimum absolute atomic E-state index is 0.414. The van der Waals surface area contributed by atoms with E-state index in [9.17, 15) is 0 Å². The molecule has 1 atom stereocenters. The molecule has 0 saturated heterocycles. The molecule has 0 spiro atoms. The van der Waals surface area contributed by atoms with Gasteiger partial charge in [-0.2, -0.15) is 0 Å². The fraction of sp³-hybridized carbons (Fsp3) is 0.333. The Morgan fingerprint density at radius 2 is 1.71 bits per heavy atom. The van der Waals surface area contributed by atoms with Crippen LogP contribution in [0.5, 0.6) is 0 Å². The molecular weight excluding hydrogens is 294 g/mol. The number of anilines is 1. The first-order chi connectivity index (χ1) is 11.5. The minimum Gasteiger partial charge on any atom is -0.326 e. The Balaban J connectivity index is 2.04. The Labute approximate surface area is 145 Å². The zero-order valence-electron chi connectivity index (χ0n) is 15.0. The van der Waals surface area contributed by atoms with Gasteiger partial charge in [0.25, 0.3) is 0 Å². The maximum atomic E-state index is 5.71. The number of rotatable bonds is 4. The van der Waals surface area contributed by atoms with E-state index in [0.717, 1.165) is 5.56 Å². The van der Waals surface area contributed by atoms with Crippen molar-refractivity contribution in [2.75, 3.05) is 12.1 Å². The lowest BCUT2D eigenvalue weighted by molar-refractivity contribution is 0.321. The van der Waals surface area contributed by atoms with Crippen LogP contribution in [-0.2, 0) is 6.54 Å². The van der Waals surface area contributed by atoms with E-state index in [1.807, 2.05) is 0 Å². The van der Waals surface area contributed by atoms with Gasteiger partial charge in [-0.1, -0.05) is 50.2 Å². The van der Waals surface area contributed by atoms with Crippen molar-refractivity contribution in [3.8, 4) is 11.1 Å². The van der Waals surface area contributed by atoms with Crippen molar-refractivity contribution < 1.29 is 0 Å². The average Bonchev–Trinajstić information content (AvgIpc) is 2.93. The SMILES string of the molecule is CC(C)c1ccc(-c2ccc(CN)cc2)cc1N1C=CC(C)N1C. The van der Waals surface area contributed by atoms with E-state index >= 15 is 0 Å². The van der Waals surface area contributed by atoms with Gasteiger partial charge < -0.3 is 5.73 Å². The van der Waals surface area contributed by atoms with Crippen molar-refractivity contribution in [1.82, 2.24) is 5.01 Å². The van der Waals surface area contributed by atoms with Gasteiger partial charge in [0.05, 0.1) is 5.69 Å². The topological polar surface area (TPSA) is 32.5 Å². The van der Waals surface area contributed by atoms with Crippen LogP contribution in [0.4, 0.5) is 5.69 Å². The van der Waals surface area contributed by atoms with Crippen molar-refractivity contribution in [2.24, 2.45) is 5.73 Å². The Kier molecular flexibility index (Phi) is 4.74. The summed E-state index contributed by atoms with van der Waals surface area (Å²) >= 11 is 0. The van der Waals surface area contributed by atoms with Crippen LogP contribution in [0.1, 0.15) is 37.8 Å². The predicted molar refractivity (Wildman–Crippen MR) is 103 cm³/mol. The molecule has 2 aromatic rings. The lowest BCUT2D eigenvalue weighted by Gasteiger charge is -2.31. The summed E-state index contributed by atoms with van der Waals surface area (Å²) in [5.41, 5.74) is 11.9. The summed E-state index contributed by atoms with van der Waals surface area (Å²) in [4.78, 5) is 0. The molecule has 0 aliphatic carbocycles. The first-order valence-electron chi connectivity index (χ1n) is 8.65. The van der Waals surface area contributed by atoms with Crippen molar-refractivity contribution in [3.05, 3.63) is 65.9 Å². The molecule has 1 aliphatic heterocycles. The van der Waals surface area contributed by atoms with E-state index in [1.54, 1.807) is 0 Å². The highest BCUT2D eigenvalue weighted by atomic mass is 15.6. The molecule has 2 N–H and O–H groups in total. The monoisotopic (exact) mass is 321 g/mol. The number of hydrogen-bond acceptors (Lipinski definition) is 3. The van der Waals surface area contributed by atoms with Gasteiger partial charge in [-0.15, -0.1) is 0 Å². The molecule has 0 amide bonds. The van der Waals surface area contributed by atoms with E-state index in [1.165, 1.54) is 22.4 Å². The van der Waals surface area contributed by atoms with Gasteiger partial charge in [0, 0.05) is 25.8 Å². The van der Waals surface area contributed by atoms with Gasteiger partial charge in [0.15, 0.2) is 0 Å². The number of hydrazine groups is 1. The third-order valence-corrected chi connectivity index (χ3v) is 4.86. The van der Waals surface area contributed by atoms with Gasteiger partial charge in [-0.25, -0.2) is 5.01 Å². The van der Waals surface area contributed by atoms with Gasteiger partial charge in [0.1, 0.15) is 0 Å². The van der Waals surface area contributed by atoms with E-state index < -0.39 is 0 Å². The van der Waals surface area contributed by atoms with E-state index in [-0.39, 0.29) is 0 Å². The molecule has 3 nitrogen and oxygen atoms in total. The molecule has 1 unspecified atom stereocenters. The van der Waals surface area contributed by atoms with E-state index in [2.05, 4.69) is 92.6 Å². The summed E-state index contributed by atoms with van der Waals surface area (Å²) in [5, 5.41) is 4.53. The number of hydrogen-bond donors (Lipinski definition) is 1. The normalized spacial score (nSPS) is 17.9. The zero-order valence-corrected chi connectivity index (χ0v) is 15.0. The highest BCUT2D eigenvalue weighted by Crippen LogP contribution is 2.35. The van der Waals surface area contributed by atoms with Crippen LogP contribution in [0.25, 0.3) is 11.1 Å². The smallest absolute Gasteiger partial charge is 0.0614 e. The van der Waals surface area contributed by atoms with Gasteiger partial charge in [0.2, 0.25) is 0 Å². The molecule has 3 heteroatoms. The molecule has 0 radical (unpaired) electrons. The molecule has 0 fully saturated rings. The number of nitrogens with zero attached hydrogens (tertiary/aromatic N) is 2. The Morgan fingerprint density at radius 3 is 2.25 bits per heavy atom. The highest BCUT2D eigenvalue weighted by molar-refractivity contribution is 5.72. The number of benzene rings is 2. The van der Waals surface area contributed by atoms with Crippen LogP contribution < -0.4 is 10.7 Å². The second-order valence-corrected chi connectivity index (χ2v) is 6.83. The standard InChI is InChI=1S/C21H27N3/c1-15(2)20-10-9-19(18-7-5-17(14-22)6-8-18)13-21(20)24-12-11-16(3)23(24)4/h5-13,15-16H,14,22H2,1-4H3. The lowest BCUT2D eigenvalue weighted by Crippen LogP contribution is -2.36. The third-order valence-electron chi connectivity index (χ3n) is 4.86. The maximum absolute atomic E-state index is 5.71. The van der Waals surface area contributed by atoms with Crippen LogP contribution in [0.15, 0.2) is 54.7 Å². The summed E-state index contributed by atoms with van der Waals surface area (Å²) in [6.07, 6.45) is 4.40. The summed E-state index contributed by atoms with van der Waals surface area (Å²) < 4.78 is 0. The largest absolute Gasteiger partial charge is 0.326 e. The molecule has 2 aromatic carbocycles. The second-order valence-electron chi connectivity index (χ2n) is 6.83. The summed E-state index contributed by atoms with van der Waals surface area (Å²) in [6.45, 7) is 7.29. The fourth-order valence-electron chi connectivity index (χ4n) is 3.13. The van der Waals surface area contributed by atoms with Crippen molar-refractivity contribution in [2.45, 2.75) is 39.3 Å². The predicted octanol–water partition coefficient (Wildman–Crippen LogP) is 4.50. The van der Waals surface area contributed by atoms with Crippen molar-refractivity contribution in [1.29, 1.82) is 0 Å². The molecule has 24 heavy (non-hydrogen) atoms. The van der Waals surface area contributed by atoms with Crippen LogP contribution in [-0.4, -0.2) is 18.1 Å². The molecule has 0 aromatic heterocycles. The van der Waals surface area contributed by atoms with Gasteiger partial charge >= 0.3 is 0 Å². The zero-order chi connectivity index (χ0) is 17.3. The Morgan fingerprint density at radius 1 is 1.04 bits per heavy atom. The lowest BCUT2D eigenvalue weighted by atomic mass is 9.96. The fourth-order valence-corrected chi connectivity index (χ4v) is 3.13. The first-order valence-corrected chi connectivity index (χ1v) is 8.65. The molecular formula is C21H27N3. The van der Waals surface area contributed by atoms with Crippen LogP contribution in [0.2, 0.25) is 0 Å². The van der Waals surface area contributed by atoms with Crippen LogP contribution >= 0.6 is 0 Å². The quantitative estimate of drug-likeness (QED) is 0.899. The molecule has 1 heterocycles. The van der Waals surface area contributed by atoms with Gasteiger partial charge in [-0.05, 0) is 47.2 Å². The molecule has 1 aliphatic rings. The number of nitrogens with two attached hydrogens (primary N) is 1. The summed E-state index contributed by atoms with van der Waals surface area (Å²) in [6, 6.07) is 15.7. The third kappa shape index (κ3) is 3.10. The van der Waals surface area contributed by atoms with Crippen molar-refractivity contribution >= 4 is 5.69 Å². The van der Waals surface area contributed by atoms with Gasteiger partial charge in [-0.3, -0.25) is 5.01 Å². The Hall–Kier alpha value is -2.10. The van der Waals surface area contributed by atoms with Crippen LogP contribution in [0, 0.1) is 0 Å². The maximum Gasteiger partial charge on any atom is 0.0614 e. The second kappa shape index (κ2) is 6.80. The highest BCUT2D eigenvalue weighted by Gasteiger charge is 2.23. The molecule has 126 valence electrons. The minimum atomic E-state index is 0.414. The molecule has 0 saturated carbocycles. The molecule has 3 rings (SSSR count).